The number of allylic oxidation sites excluding steroid dienone is 3. The average Bonchev–Trinajstić information content (AvgIpc) is 3.53. The third kappa shape index (κ3) is 5.87. The average molecular weight is 601 g/mol. The molecule has 4 aliphatic carbocycles. The first kappa shape index (κ1) is 30.6. The van der Waals surface area contributed by atoms with Gasteiger partial charge in [-0.05, 0) is 118 Å². The molecule has 4 saturated carbocycles. The molecule has 2 N–H and O–H groups in total. The van der Waals surface area contributed by atoms with Gasteiger partial charge < -0.3 is 10.2 Å². The lowest BCUT2D eigenvalue weighted by Crippen LogP contribution is -2.36. The number of rotatable bonds is 9. The Kier molecular flexibility index (Phi) is 8.67. The molecule has 7 atom stereocenters. The number of thiazole rings is 1. The molecule has 4 fully saturated rings. The summed E-state index contributed by atoms with van der Waals surface area (Å²) in [5, 5.41) is 23.8. The quantitative estimate of drug-likeness (QED) is 0.286. The standard InChI is InChI=1S/C37H48N2O3S/c1-23(7-10-32(34(42)27-13-18-38-19-14-27)37(16-17-37)35-39-24(2)22-43-35)30-11-12-31-26(6-5-15-36(30,31)4)8-9-28-20-29(40)21-33(41)25(28)3/h8-9,13-14,18-19,22-23,29-33,40-41H,3,5-7,10-12,15-17,20-21H2,1-2,4H3/b26-8+,28-9-/t23-,29-,30-,31+,32-,33+,36-/m1/s1. The van der Waals surface area contributed by atoms with Crippen molar-refractivity contribution in [2.45, 2.75) is 109 Å². The molecule has 5 nitrogen and oxygen atoms in total. The summed E-state index contributed by atoms with van der Waals surface area (Å²) in [6.45, 7) is 11.1. The van der Waals surface area contributed by atoms with Gasteiger partial charge >= 0.3 is 0 Å². The fourth-order valence-electron chi connectivity index (χ4n) is 9.11. The third-order valence-corrected chi connectivity index (χ3v) is 12.9. The second-order valence-corrected chi connectivity index (χ2v) is 15.2. The number of aromatic nitrogens is 2. The van der Waals surface area contributed by atoms with E-state index < -0.39 is 12.2 Å². The van der Waals surface area contributed by atoms with E-state index in [-0.39, 0.29) is 22.5 Å². The number of nitrogens with zero attached hydrogens (tertiary/aromatic N) is 2. The Morgan fingerprint density at radius 3 is 2.63 bits per heavy atom. The van der Waals surface area contributed by atoms with Crippen LogP contribution in [0.15, 0.2) is 65.4 Å². The van der Waals surface area contributed by atoms with Gasteiger partial charge in [-0.1, -0.05) is 38.2 Å². The molecule has 0 bridgehead atoms. The number of ketones is 1. The molecule has 2 heterocycles. The number of aliphatic hydroxyl groups is 2. The van der Waals surface area contributed by atoms with Crippen LogP contribution in [-0.2, 0) is 5.41 Å². The highest BCUT2D eigenvalue weighted by molar-refractivity contribution is 7.09. The van der Waals surface area contributed by atoms with E-state index in [1.54, 1.807) is 23.7 Å². The number of hydrogen-bond acceptors (Lipinski definition) is 6. The van der Waals surface area contributed by atoms with Crippen molar-refractivity contribution < 1.29 is 15.0 Å². The second-order valence-electron chi connectivity index (χ2n) is 14.3. The molecular formula is C37H48N2O3S. The van der Waals surface area contributed by atoms with Gasteiger partial charge in [-0.25, -0.2) is 4.98 Å². The maximum Gasteiger partial charge on any atom is 0.167 e. The van der Waals surface area contributed by atoms with Crippen LogP contribution >= 0.6 is 11.3 Å². The minimum absolute atomic E-state index is 0.0457. The first-order valence-electron chi connectivity index (χ1n) is 16.4. The zero-order chi connectivity index (χ0) is 30.4. The highest BCUT2D eigenvalue weighted by atomic mass is 32.1. The predicted octanol–water partition coefficient (Wildman–Crippen LogP) is 7.93. The summed E-state index contributed by atoms with van der Waals surface area (Å²) >= 11 is 1.73. The Hall–Kier alpha value is -2.41. The van der Waals surface area contributed by atoms with Crippen LogP contribution in [0.4, 0.5) is 0 Å². The largest absolute Gasteiger partial charge is 0.393 e. The van der Waals surface area contributed by atoms with Crippen LogP contribution in [0, 0.1) is 36.0 Å². The van der Waals surface area contributed by atoms with E-state index in [1.165, 1.54) is 31.3 Å². The minimum Gasteiger partial charge on any atom is -0.393 e. The van der Waals surface area contributed by atoms with Gasteiger partial charge in [0.25, 0.3) is 0 Å². The Bertz CT molecular complexity index is 1410. The predicted molar refractivity (Wildman–Crippen MR) is 173 cm³/mol. The lowest BCUT2D eigenvalue weighted by Gasteiger charge is -2.44. The molecule has 6 rings (SSSR count). The normalized spacial score (nSPS) is 33.4. The zero-order valence-corrected chi connectivity index (χ0v) is 26.9. The summed E-state index contributed by atoms with van der Waals surface area (Å²) < 4.78 is 0. The number of aliphatic hydroxyl groups excluding tert-OH is 2. The lowest BCUT2D eigenvalue weighted by molar-refractivity contribution is 0.0803. The van der Waals surface area contributed by atoms with Gasteiger partial charge in [0.15, 0.2) is 5.78 Å². The van der Waals surface area contributed by atoms with Gasteiger partial charge in [0.2, 0.25) is 0 Å². The Labute approximate surface area is 261 Å². The summed E-state index contributed by atoms with van der Waals surface area (Å²) in [5.74, 6) is 1.95. The maximum atomic E-state index is 14.0. The maximum absolute atomic E-state index is 14.0. The number of hydrogen-bond donors (Lipinski definition) is 2. The summed E-state index contributed by atoms with van der Waals surface area (Å²) in [7, 11) is 0. The van der Waals surface area contributed by atoms with E-state index in [4.69, 9.17) is 4.98 Å². The fourth-order valence-corrected chi connectivity index (χ4v) is 10.2. The van der Waals surface area contributed by atoms with Gasteiger partial charge in [0.1, 0.15) is 0 Å². The summed E-state index contributed by atoms with van der Waals surface area (Å²) in [4.78, 5) is 23.1. The molecule has 4 aliphatic rings. The molecule has 6 heteroatoms. The second kappa shape index (κ2) is 12.2. The summed E-state index contributed by atoms with van der Waals surface area (Å²) in [5.41, 5.74) is 5.26. The number of aryl methyl sites for hydroxylation is 1. The highest BCUT2D eigenvalue weighted by Crippen LogP contribution is 2.61. The van der Waals surface area contributed by atoms with Gasteiger partial charge in [0.05, 0.1) is 17.2 Å². The summed E-state index contributed by atoms with van der Waals surface area (Å²) in [6, 6.07) is 3.75. The number of carbonyl (C=O) groups is 1. The smallest absolute Gasteiger partial charge is 0.167 e. The molecule has 230 valence electrons. The molecular weight excluding hydrogens is 552 g/mol. The number of fused-ring (bicyclic) bond motifs is 1. The van der Waals surface area contributed by atoms with E-state index in [1.807, 2.05) is 12.1 Å². The van der Waals surface area contributed by atoms with Crippen molar-refractivity contribution >= 4 is 17.1 Å². The van der Waals surface area contributed by atoms with E-state index in [0.29, 0.717) is 30.6 Å². The van der Waals surface area contributed by atoms with E-state index in [2.05, 4.69) is 49.9 Å². The molecule has 2 aromatic rings. The molecule has 0 unspecified atom stereocenters. The zero-order valence-electron chi connectivity index (χ0n) is 26.1. The van der Waals surface area contributed by atoms with E-state index in [9.17, 15) is 15.0 Å². The van der Waals surface area contributed by atoms with Crippen LogP contribution in [0.2, 0.25) is 0 Å². The van der Waals surface area contributed by atoms with E-state index in [0.717, 1.165) is 59.5 Å². The number of Topliss-reactive ketones (excluding diaryl/α,β-unsaturated/α-hetero) is 1. The molecule has 0 aliphatic heterocycles. The molecule has 0 radical (unpaired) electrons. The molecule has 43 heavy (non-hydrogen) atoms. The van der Waals surface area contributed by atoms with Crippen LogP contribution in [0.3, 0.4) is 0 Å². The van der Waals surface area contributed by atoms with Crippen molar-refractivity contribution in [2.75, 3.05) is 0 Å². The van der Waals surface area contributed by atoms with E-state index >= 15 is 0 Å². The Morgan fingerprint density at radius 2 is 1.93 bits per heavy atom. The molecule has 0 amide bonds. The van der Waals surface area contributed by atoms with Crippen LogP contribution in [-0.4, -0.2) is 38.2 Å². The molecule has 0 spiro atoms. The van der Waals surface area contributed by atoms with Gasteiger partial charge in [-0.15, -0.1) is 11.3 Å². The monoisotopic (exact) mass is 600 g/mol. The van der Waals surface area contributed by atoms with Crippen molar-refractivity contribution in [3.05, 3.63) is 81.6 Å². The van der Waals surface area contributed by atoms with Crippen molar-refractivity contribution in [3.63, 3.8) is 0 Å². The summed E-state index contributed by atoms with van der Waals surface area (Å²) in [6.07, 6.45) is 17.8. The molecule has 0 saturated heterocycles. The van der Waals surface area contributed by atoms with Crippen LogP contribution in [0.5, 0.6) is 0 Å². The number of pyridine rings is 1. The van der Waals surface area contributed by atoms with Crippen LogP contribution in [0.25, 0.3) is 0 Å². The van der Waals surface area contributed by atoms with Crippen LogP contribution in [0.1, 0.15) is 106 Å². The molecule has 2 aromatic heterocycles. The number of carbonyl (C=O) groups excluding carboxylic acids is 1. The van der Waals surface area contributed by atoms with Crippen molar-refractivity contribution in [2.24, 2.45) is 29.1 Å². The van der Waals surface area contributed by atoms with Crippen molar-refractivity contribution in [1.82, 2.24) is 9.97 Å². The fraction of sp³-hybridized carbons (Fsp3) is 0.595. The first-order valence-corrected chi connectivity index (χ1v) is 17.3. The van der Waals surface area contributed by atoms with Crippen molar-refractivity contribution in [3.8, 4) is 0 Å². The highest BCUT2D eigenvalue weighted by Gasteiger charge is 2.56. The van der Waals surface area contributed by atoms with Gasteiger partial charge in [-0.2, -0.15) is 0 Å². The SMILES string of the molecule is C=C1/C(=C\C=C2/CCC[C@]3(C)[C@@H]([C@H](C)CC[C@H](C(=O)c4ccncc4)C4(c5nc(C)cs5)CC4)CC[C@@H]23)C[C@@H](O)C[C@@H]1O. The third-order valence-electron chi connectivity index (χ3n) is 11.7. The first-order chi connectivity index (χ1) is 20.6. The van der Waals surface area contributed by atoms with Gasteiger partial charge in [-0.3, -0.25) is 9.78 Å². The van der Waals surface area contributed by atoms with Crippen molar-refractivity contribution in [1.29, 1.82) is 0 Å². The Morgan fingerprint density at radius 1 is 1.16 bits per heavy atom. The minimum atomic E-state index is -0.648. The molecule has 0 aromatic carbocycles. The van der Waals surface area contributed by atoms with Crippen LogP contribution < -0.4 is 0 Å². The Balaban J connectivity index is 1.19. The topological polar surface area (TPSA) is 83.3 Å². The van der Waals surface area contributed by atoms with Gasteiger partial charge in [0, 0.05) is 46.8 Å². The lowest BCUT2D eigenvalue weighted by atomic mass is 9.60.